The van der Waals surface area contributed by atoms with Crippen LogP contribution in [0.2, 0.25) is 0 Å². The van der Waals surface area contributed by atoms with Crippen LogP contribution in [-0.4, -0.2) is 80.6 Å². The summed E-state index contributed by atoms with van der Waals surface area (Å²) in [6.07, 6.45) is 0. The van der Waals surface area contributed by atoms with Gasteiger partial charge in [0.2, 0.25) is 20.0 Å². The van der Waals surface area contributed by atoms with Gasteiger partial charge in [0.1, 0.15) is 0 Å². The van der Waals surface area contributed by atoms with Gasteiger partial charge in [-0.25, -0.2) is 26.3 Å². The van der Waals surface area contributed by atoms with Crippen LogP contribution in [0.15, 0.2) is 82.6 Å². The zero-order valence-corrected chi connectivity index (χ0v) is 35.0. The van der Waals surface area contributed by atoms with Crippen molar-refractivity contribution in [2.75, 3.05) is 49.5 Å². The monoisotopic (exact) mass is 908 g/mol. The van der Waals surface area contributed by atoms with Gasteiger partial charge in [0.15, 0.2) is 0 Å². The van der Waals surface area contributed by atoms with Gasteiger partial charge in [-0.05, 0) is 24.3 Å². The molecule has 12 nitrogen and oxygen atoms in total. The Hall–Kier alpha value is -2.60. The molecule has 0 aliphatic rings. The Morgan fingerprint density at radius 2 is 0.915 bits per heavy atom. The van der Waals surface area contributed by atoms with Gasteiger partial charge in [-0.15, -0.1) is 0 Å². The molecule has 0 spiro atoms. The Morgan fingerprint density at radius 1 is 0.617 bits per heavy atom. The number of anilines is 2. The predicted molar refractivity (Wildman–Crippen MR) is 182 cm³/mol. The molecule has 2 atom stereocenters. The van der Waals surface area contributed by atoms with E-state index in [1.54, 1.807) is 36.4 Å². The molecule has 0 amide bonds. The summed E-state index contributed by atoms with van der Waals surface area (Å²) in [6.45, 7) is 0. The summed E-state index contributed by atoms with van der Waals surface area (Å²) in [7, 11) is -0.599. The molecule has 0 heterocycles. The van der Waals surface area contributed by atoms with Crippen molar-refractivity contribution in [3.8, 4) is 0 Å². The van der Waals surface area contributed by atoms with E-state index in [1.165, 1.54) is 12.1 Å². The van der Waals surface area contributed by atoms with Crippen molar-refractivity contribution in [1.29, 1.82) is 0 Å². The van der Waals surface area contributed by atoms with E-state index in [-0.39, 0.29) is 49.0 Å². The molecule has 0 radical (unpaired) electrons. The zero-order valence-electron chi connectivity index (χ0n) is 26.1. The van der Waals surface area contributed by atoms with Crippen LogP contribution >= 0.6 is 25.3 Å². The second kappa shape index (κ2) is 17.2. The third kappa shape index (κ3) is 9.74. The van der Waals surface area contributed by atoms with Crippen LogP contribution in [0.3, 0.4) is 0 Å². The summed E-state index contributed by atoms with van der Waals surface area (Å²) in [5.74, 6) is -3.43. The van der Waals surface area contributed by atoms with Crippen LogP contribution in [-0.2, 0) is 57.3 Å². The topological polar surface area (TPSA) is 179 Å². The number of sulfonamides is 2. The molecule has 2 N–H and O–H groups in total. The van der Waals surface area contributed by atoms with Gasteiger partial charge in [0.05, 0.1) is 33.8 Å². The molecule has 4 rings (SSSR count). The molecular formula is C30H34HgN4O8S4. The van der Waals surface area contributed by atoms with Crippen molar-refractivity contribution in [3.05, 3.63) is 72.8 Å². The second-order valence-corrected chi connectivity index (χ2v) is 14.5. The number of thiol groups is 2. The van der Waals surface area contributed by atoms with Crippen molar-refractivity contribution < 1.29 is 64.3 Å². The third-order valence-electron chi connectivity index (χ3n) is 6.79. The van der Waals surface area contributed by atoms with Crippen LogP contribution in [0, 0.1) is 0 Å². The fraction of sp³-hybridized carbons (Fsp3) is 0.267. The summed E-state index contributed by atoms with van der Waals surface area (Å²) >= 11 is 7.68. The average Bonchev–Trinajstić information content (AvgIpc) is 3.01. The van der Waals surface area contributed by atoms with Crippen LogP contribution < -0.4 is 29.5 Å². The predicted octanol–water partition coefficient (Wildman–Crippen LogP) is 0.462. The first-order valence-electron chi connectivity index (χ1n) is 13.6. The standard InChI is InChI=1S/2C15H18N2O4S2.Hg/c2*1-17(2)13-7-3-6-11-10(13)5-4-8-14(11)23(20,21)16-12(9-22)15(18)19;/h2*3-8,12,16,22H,9H2,1-2H3,(H,18,19);/q;;+2/p-2/t2*12-;/m00./s1. The molecule has 0 saturated carbocycles. The largest absolute Gasteiger partial charge is 2.00 e. The Balaban J connectivity index is 0.000000320. The van der Waals surface area contributed by atoms with Gasteiger partial charge in [0, 0.05) is 72.6 Å². The number of carboxylic acids is 2. The molecule has 0 saturated heterocycles. The average molecular weight is 907 g/mol. The molecule has 0 aliphatic heterocycles. The zero-order chi connectivity index (χ0) is 34.4. The molecule has 0 unspecified atom stereocenters. The van der Waals surface area contributed by atoms with E-state index in [2.05, 4.69) is 34.7 Å². The first-order chi connectivity index (χ1) is 21.5. The quantitative estimate of drug-likeness (QED) is 0.115. The van der Waals surface area contributed by atoms with Gasteiger partial charge in [-0.3, -0.25) is 0 Å². The Morgan fingerprint density at radius 3 is 1.19 bits per heavy atom. The number of benzene rings is 4. The number of nitrogens with one attached hydrogen (secondary N) is 2. The van der Waals surface area contributed by atoms with Crippen LogP contribution in [0.4, 0.5) is 11.4 Å². The number of carboxylic acid groups (broad SMARTS) is 2. The van der Waals surface area contributed by atoms with E-state index in [9.17, 15) is 36.6 Å². The van der Waals surface area contributed by atoms with Gasteiger partial charge in [0.25, 0.3) is 0 Å². The van der Waals surface area contributed by atoms with Crippen LogP contribution in [0.1, 0.15) is 0 Å². The minimum Gasteiger partial charge on any atom is -0.548 e. The first kappa shape index (κ1) is 40.6. The SMILES string of the molecule is CN(C)c1cccc2c(S(=O)(=O)N[C@@H](CS)C(=O)[O-])cccc12.CN(C)c1cccc2c(S(=O)(=O)N[C@@H](CS)C(=O)[O-])cccc12.[Hg+2]. The van der Waals surface area contributed by atoms with Gasteiger partial charge >= 0.3 is 27.7 Å². The normalized spacial score (nSPS) is 12.7. The maximum atomic E-state index is 12.6. The van der Waals surface area contributed by atoms with Crippen molar-refractivity contribution in [2.24, 2.45) is 0 Å². The van der Waals surface area contributed by atoms with E-state index in [4.69, 9.17) is 0 Å². The summed E-state index contributed by atoms with van der Waals surface area (Å²) in [4.78, 5) is 25.7. The van der Waals surface area contributed by atoms with E-state index < -0.39 is 44.1 Å². The molecule has 0 aliphatic carbocycles. The summed E-state index contributed by atoms with van der Waals surface area (Å²) < 4.78 is 54.4. The third-order valence-corrected chi connectivity index (χ3v) is 10.6. The Labute approximate surface area is 306 Å². The minimum absolute atomic E-state index is 0. The molecule has 0 fully saturated rings. The minimum atomic E-state index is -4.02. The molecule has 47 heavy (non-hydrogen) atoms. The number of hydrogen-bond acceptors (Lipinski definition) is 12. The number of carbonyl (C=O) groups is 2. The van der Waals surface area contributed by atoms with Gasteiger partial charge < -0.3 is 29.6 Å². The van der Waals surface area contributed by atoms with E-state index in [1.807, 2.05) is 62.3 Å². The van der Waals surface area contributed by atoms with E-state index >= 15 is 0 Å². The maximum absolute atomic E-state index is 12.6. The summed E-state index contributed by atoms with van der Waals surface area (Å²) in [6, 6.07) is 17.6. The molecule has 17 heteroatoms. The number of carbonyl (C=O) groups excluding carboxylic acids is 2. The molecule has 0 aromatic heterocycles. The number of fused-ring (bicyclic) bond motifs is 2. The summed E-state index contributed by atoms with van der Waals surface area (Å²) in [5.41, 5.74) is 1.73. The van der Waals surface area contributed by atoms with Crippen molar-refractivity contribution >= 4 is 90.2 Å². The number of rotatable bonds is 12. The Bertz CT molecular complexity index is 1820. The molecular weight excluding hydrogens is 873 g/mol. The molecule has 248 valence electrons. The van der Waals surface area contributed by atoms with E-state index in [0.29, 0.717) is 10.8 Å². The number of nitrogens with zero attached hydrogens (tertiary/aromatic N) is 2. The smallest absolute Gasteiger partial charge is 0.548 e. The van der Waals surface area contributed by atoms with Crippen LogP contribution in [0.5, 0.6) is 0 Å². The second-order valence-electron chi connectivity index (χ2n) is 10.4. The number of hydrogen-bond donors (Lipinski definition) is 4. The van der Waals surface area contributed by atoms with Crippen molar-refractivity contribution in [1.82, 2.24) is 9.44 Å². The summed E-state index contributed by atoms with van der Waals surface area (Å²) in [5, 5.41) is 24.5. The van der Waals surface area contributed by atoms with Crippen molar-refractivity contribution in [3.63, 3.8) is 0 Å². The molecule has 4 aromatic rings. The molecule has 4 aromatic carbocycles. The number of aliphatic carboxylic acids is 2. The first-order valence-corrected chi connectivity index (χ1v) is 17.8. The van der Waals surface area contributed by atoms with Crippen molar-refractivity contribution in [2.45, 2.75) is 21.9 Å². The van der Waals surface area contributed by atoms with Crippen LogP contribution in [0.25, 0.3) is 21.5 Å². The maximum Gasteiger partial charge on any atom is 2.00 e. The van der Waals surface area contributed by atoms with Gasteiger partial charge in [-0.1, -0.05) is 48.5 Å². The fourth-order valence-electron chi connectivity index (χ4n) is 4.60. The van der Waals surface area contributed by atoms with E-state index in [0.717, 1.165) is 22.1 Å². The fourth-order valence-corrected chi connectivity index (χ4v) is 8.14. The Kier molecular flexibility index (Phi) is 14.8. The van der Waals surface area contributed by atoms with Gasteiger partial charge in [-0.2, -0.15) is 25.3 Å². The molecule has 0 bridgehead atoms.